The second kappa shape index (κ2) is 6.07. The lowest BCUT2D eigenvalue weighted by atomic mass is 10.0. The van der Waals surface area contributed by atoms with Crippen molar-refractivity contribution in [2.45, 2.75) is 32.4 Å². The van der Waals surface area contributed by atoms with Crippen molar-refractivity contribution in [3.05, 3.63) is 35.6 Å². The molecule has 2 unspecified atom stereocenters. The van der Waals surface area contributed by atoms with Crippen LogP contribution >= 0.6 is 12.2 Å². The van der Waals surface area contributed by atoms with Crippen LogP contribution in [0.2, 0.25) is 0 Å². The first-order valence-corrected chi connectivity index (χ1v) is 6.09. The van der Waals surface area contributed by atoms with Gasteiger partial charge in [-0.3, -0.25) is 4.90 Å². The normalized spacial score (nSPS) is 14.6. The zero-order valence-corrected chi connectivity index (χ0v) is 11.3. The SMILES string of the molecule is CC(CC(N)=S)N(C)C(C)c1ccccc1F. The first-order chi connectivity index (χ1) is 7.93. The smallest absolute Gasteiger partial charge is 0.127 e. The van der Waals surface area contributed by atoms with Crippen LogP contribution in [0.1, 0.15) is 31.9 Å². The van der Waals surface area contributed by atoms with Gasteiger partial charge in [-0.1, -0.05) is 30.4 Å². The van der Waals surface area contributed by atoms with Gasteiger partial charge >= 0.3 is 0 Å². The highest BCUT2D eigenvalue weighted by Crippen LogP contribution is 2.23. The van der Waals surface area contributed by atoms with E-state index in [0.29, 0.717) is 17.0 Å². The number of hydrogen-bond acceptors (Lipinski definition) is 2. The Morgan fingerprint density at radius 3 is 2.53 bits per heavy atom. The van der Waals surface area contributed by atoms with Crippen molar-refractivity contribution in [3.8, 4) is 0 Å². The number of thiocarbonyl (C=S) groups is 1. The number of nitrogens with two attached hydrogens (primary N) is 1. The molecule has 0 amide bonds. The Morgan fingerprint density at radius 1 is 1.41 bits per heavy atom. The van der Waals surface area contributed by atoms with E-state index in [9.17, 15) is 4.39 Å². The van der Waals surface area contributed by atoms with Crippen LogP contribution in [-0.4, -0.2) is 23.0 Å². The molecule has 1 aromatic carbocycles. The predicted octanol–water partition coefficient (Wildman–Crippen LogP) is 2.88. The van der Waals surface area contributed by atoms with Crippen LogP contribution in [0.4, 0.5) is 4.39 Å². The van der Waals surface area contributed by atoms with E-state index in [0.717, 1.165) is 0 Å². The van der Waals surface area contributed by atoms with Crippen molar-refractivity contribution < 1.29 is 4.39 Å². The minimum Gasteiger partial charge on any atom is -0.393 e. The van der Waals surface area contributed by atoms with E-state index >= 15 is 0 Å². The highest BCUT2D eigenvalue weighted by Gasteiger charge is 2.20. The molecule has 1 aromatic rings. The summed E-state index contributed by atoms with van der Waals surface area (Å²) in [7, 11) is 1.96. The molecule has 0 spiro atoms. The van der Waals surface area contributed by atoms with Gasteiger partial charge in [-0.2, -0.15) is 0 Å². The van der Waals surface area contributed by atoms with Crippen molar-refractivity contribution in [1.82, 2.24) is 4.90 Å². The van der Waals surface area contributed by atoms with E-state index in [1.54, 1.807) is 6.07 Å². The second-order valence-corrected chi connectivity index (χ2v) is 4.91. The van der Waals surface area contributed by atoms with Gasteiger partial charge in [0.05, 0.1) is 4.99 Å². The molecule has 4 heteroatoms. The first kappa shape index (κ1) is 14.1. The highest BCUT2D eigenvalue weighted by molar-refractivity contribution is 7.80. The molecular weight excluding hydrogens is 235 g/mol. The van der Waals surface area contributed by atoms with Crippen LogP contribution in [-0.2, 0) is 0 Å². The van der Waals surface area contributed by atoms with Gasteiger partial charge in [0, 0.05) is 24.1 Å². The standard InChI is InChI=1S/C13H19FN2S/c1-9(8-13(15)17)16(3)10(2)11-6-4-5-7-12(11)14/h4-7,9-10H,8H2,1-3H3,(H2,15,17). The summed E-state index contributed by atoms with van der Waals surface area (Å²) in [5.74, 6) is -0.172. The fourth-order valence-electron chi connectivity index (χ4n) is 1.85. The summed E-state index contributed by atoms with van der Waals surface area (Å²) >= 11 is 4.90. The van der Waals surface area contributed by atoms with Crippen molar-refractivity contribution in [3.63, 3.8) is 0 Å². The Bertz CT molecular complexity index is 395. The molecular formula is C13H19FN2S. The summed E-state index contributed by atoms with van der Waals surface area (Å²) in [4.78, 5) is 2.57. The van der Waals surface area contributed by atoms with Crippen molar-refractivity contribution in [2.24, 2.45) is 5.73 Å². The molecule has 94 valence electrons. The fourth-order valence-corrected chi connectivity index (χ4v) is 2.09. The zero-order chi connectivity index (χ0) is 13.0. The monoisotopic (exact) mass is 254 g/mol. The molecule has 2 atom stereocenters. The molecule has 17 heavy (non-hydrogen) atoms. The molecule has 0 aromatic heterocycles. The molecule has 0 radical (unpaired) electrons. The molecule has 0 aliphatic carbocycles. The van der Waals surface area contributed by atoms with E-state index < -0.39 is 0 Å². The molecule has 0 fully saturated rings. The molecule has 0 bridgehead atoms. The summed E-state index contributed by atoms with van der Waals surface area (Å²) in [5, 5.41) is 0. The van der Waals surface area contributed by atoms with Gasteiger partial charge < -0.3 is 5.73 Å². The average molecular weight is 254 g/mol. The van der Waals surface area contributed by atoms with Crippen LogP contribution < -0.4 is 5.73 Å². The van der Waals surface area contributed by atoms with Crippen LogP contribution in [0.25, 0.3) is 0 Å². The maximum Gasteiger partial charge on any atom is 0.127 e. The minimum atomic E-state index is -0.172. The van der Waals surface area contributed by atoms with Crippen LogP contribution in [0.5, 0.6) is 0 Å². The third kappa shape index (κ3) is 3.75. The minimum absolute atomic E-state index is 0.000509. The van der Waals surface area contributed by atoms with Crippen molar-refractivity contribution in [1.29, 1.82) is 0 Å². The summed E-state index contributed by atoms with van der Waals surface area (Å²) < 4.78 is 13.6. The summed E-state index contributed by atoms with van der Waals surface area (Å²) in [6.45, 7) is 4.02. The zero-order valence-electron chi connectivity index (χ0n) is 10.5. The third-order valence-corrected chi connectivity index (χ3v) is 3.32. The number of halogens is 1. The Hall–Kier alpha value is -1.00. The molecule has 2 N–H and O–H groups in total. The Kier molecular flexibility index (Phi) is 5.02. The molecule has 0 saturated heterocycles. The third-order valence-electron chi connectivity index (χ3n) is 3.16. The van der Waals surface area contributed by atoms with Crippen molar-refractivity contribution in [2.75, 3.05) is 7.05 Å². The van der Waals surface area contributed by atoms with Gasteiger partial charge in [0.2, 0.25) is 0 Å². The molecule has 0 heterocycles. The molecule has 0 aliphatic rings. The second-order valence-electron chi connectivity index (χ2n) is 4.38. The van der Waals surface area contributed by atoms with Gasteiger partial charge in [-0.15, -0.1) is 0 Å². The maximum absolute atomic E-state index is 13.6. The average Bonchev–Trinajstić information content (AvgIpc) is 2.27. The largest absolute Gasteiger partial charge is 0.393 e. The maximum atomic E-state index is 13.6. The van der Waals surface area contributed by atoms with Gasteiger partial charge in [0.25, 0.3) is 0 Å². The lowest BCUT2D eigenvalue weighted by molar-refractivity contribution is 0.198. The lowest BCUT2D eigenvalue weighted by Crippen LogP contribution is -2.34. The first-order valence-electron chi connectivity index (χ1n) is 5.68. The summed E-state index contributed by atoms with van der Waals surface area (Å²) in [6.07, 6.45) is 0.643. The quantitative estimate of drug-likeness (QED) is 0.819. The van der Waals surface area contributed by atoms with E-state index in [2.05, 4.69) is 4.90 Å². The van der Waals surface area contributed by atoms with Crippen LogP contribution in [0, 0.1) is 5.82 Å². The molecule has 1 rings (SSSR count). The van der Waals surface area contributed by atoms with E-state index in [4.69, 9.17) is 18.0 Å². The molecule has 2 nitrogen and oxygen atoms in total. The summed E-state index contributed by atoms with van der Waals surface area (Å²) in [6, 6.07) is 7.04. The molecule has 0 saturated carbocycles. The number of rotatable bonds is 5. The topological polar surface area (TPSA) is 29.3 Å². The lowest BCUT2D eigenvalue weighted by Gasteiger charge is -2.31. The summed E-state index contributed by atoms with van der Waals surface area (Å²) in [5.41, 5.74) is 6.23. The number of benzene rings is 1. The van der Waals surface area contributed by atoms with Gasteiger partial charge in [-0.25, -0.2) is 4.39 Å². The fraction of sp³-hybridized carbons (Fsp3) is 0.462. The van der Waals surface area contributed by atoms with Crippen LogP contribution in [0.3, 0.4) is 0 Å². The van der Waals surface area contributed by atoms with E-state index in [-0.39, 0.29) is 17.9 Å². The van der Waals surface area contributed by atoms with E-state index in [1.165, 1.54) is 6.07 Å². The number of nitrogens with zero attached hydrogens (tertiary/aromatic N) is 1. The highest BCUT2D eigenvalue weighted by atomic mass is 32.1. The Morgan fingerprint density at radius 2 is 2.00 bits per heavy atom. The van der Waals surface area contributed by atoms with Crippen LogP contribution in [0.15, 0.2) is 24.3 Å². The Balaban J connectivity index is 2.79. The van der Waals surface area contributed by atoms with E-state index in [1.807, 2.05) is 33.0 Å². The number of hydrogen-bond donors (Lipinski definition) is 1. The van der Waals surface area contributed by atoms with Gasteiger partial charge in [-0.05, 0) is 27.0 Å². The van der Waals surface area contributed by atoms with Gasteiger partial charge in [0.15, 0.2) is 0 Å². The molecule has 0 aliphatic heterocycles. The van der Waals surface area contributed by atoms with Crippen molar-refractivity contribution >= 4 is 17.2 Å². The van der Waals surface area contributed by atoms with Gasteiger partial charge in [0.1, 0.15) is 5.82 Å². The Labute approximate surface area is 108 Å². The predicted molar refractivity (Wildman–Crippen MR) is 73.4 cm³/mol.